The van der Waals surface area contributed by atoms with Crippen molar-refractivity contribution < 1.29 is 13.9 Å². The molecule has 0 saturated heterocycles. The highest BCUT2D eigenvalue weighted by molar-refractivity contribution is 5.93. The Balaban J connectivity index is 1.74. The Kier molecular flexibility index (Phi) is 5.40. The third-order valence-corrected chi connectivity index (χ3v) is 3.10. The molecule has 0 atom stereocenters. The molecule has 5 nitrogen and oxygen atoms in total. The third-order valence-electron chi connectivity index (χ3n) is 3.10. The first-order chi connectivity index (χ1) is 10.2. The van der Waals surface area contributed by atoms with Crippen molar-refractivity contribution in [1.29, 1.82) is 0 Å². The summed E-state index contributed by atoms with van der Waals surface area (Å²) in [7, 11) is 1.76. The van der Waals surface area contributed by atoms with Gasteiger partial charge in [-0.3, -0.25) is 4.79 Å². The molecule has 1 heterocycles. The Morgan fingerprint density at radius 3 is 2.76 bits per heavy atom. The van der Waals surface area contributed by atoms with E-state index in [1.807, 2.05) is 30.3 Å². The minimum Gasteiger partial charge on any atom is -0.494 e. The smallest absolute Gasteiger partial charge is 0.256 e. The van der Waals surface area contributed by atoms with Gasteiger partial charge in [-0.05, 0) is 24.6 Å². The van der Waals surface area contributed by atoms with E-state index in [0.717, 1.165) is 12.2 Å². The molecule has 2 rings (SSSR count). The number of nitrogens with zero attached hydrogens (tertiary/aromatic N) is 1. The van der Waals surface area contributed by atoms with Gasteiger partial charge >= 0.3 is 0 Å². The number of hydrogen-bond acceptors (Lipinski definition) is 4. The van der Waals surface area contributed by atoms with Crippen LogP contribution in [0.25, 0.3) is 0 Å². The molecule has 5 heteroatoms. The standard InChI is InChI=1S/C16H20N2O3/c1-18(16(19)13-10-15(11-17)21-12-13)8-5-9-20-14-6-3-2-4-7-14/h2-4,6-7,10,12H,5,8-9,11,17H2,1H3. The highest BCUT2D eigenvalue weighted by Gasteiger charge is 2.14. The average Bonchev–Trinajstić information content (AvgIpc) is 3.00. The van der Waals surface area contributed by atoms with Gasteiger partial charge in [0.05, 0.1) is 18.7 Å². The summed E-state index contributed by atoms with van der Waals surface area (Å²) in [6.45, 7) is 1.48. The van der Waals surface area contributed by atoms with Crippen molar-refractivity contribution in [2.45, 2.75) is 13.0 Å². The number of carbonyl (C=O) groups is 1. The van der Waals surface area contributed by atoms with Crippen molar-refractivity contribution in [3.8, 4) is 5.75 Å². The minimum atomic E-state index is -0.0711. The number of carbonyl (C=O) groups excluding carboxylic acids is 1. The van der Waals surface area contributed by atoms with E-state index in [9.17, 15) is 4.79 Å². The minimum absolute atomic E-state index is 0.0711. The molecule has 0 bridgehead atoms. The second-order valence-electron chi connectivity index (χ2n) is 4.75. The number of hydrogen-bond donors (Lipinski definition) is 1. The van der Waals surface area contributed by atoms with Gasteiger partial charge in [-0.2, -0.15) is 0 Å². The Morgan fingerprint density at radius 2 is 2.10 bits per heavy atom. The van der Waals surface area contributed by atoms with Gasteiger partial charge in [-0.25, -0.2) is 0 Å². The van der Waals surface area contributed by atoms with Gasteiger partial charge in [-0.15, -0.1) is 0 Å². The van der Waals surface area contributed by atoms with Crippen LogP contribution in [0.15, 0.2) is 47.1 Å². The number of amides is 1. The zero-order valence-corrected chi connectivity index (χ0v) is 12.1. The lowest BCUT2D eigenvalue weighted by molar-refractivity contribution is 0.0787. The number of benzene rings is 1. The maximum Gasteiger partial charge on any atom is 0.256 e. The van der Waals surface area contributed by atoms with Crippen LogP contribution in [0, 0.1) is 0 Å². The van der Waals surface area contributed by atoms with Gasteiger partial charge in [0.1, 0.15) is 17.8 Å². The lowest BCUT2D eigenvalue weighted by atomic mass is 10.2. The quantitative estimate of drug-likeness (QED) is 0.794. The summed E-state index contributed by atoms with van der Waals surface area (Å²) < 4.78 is 10.8. The monoisotopic (exact) mass is 288 g/mol. The average molecular weight is 288 g/mol. The fourth-order valence-corrected chi connectivity index (χ4v) is 1.93. The molecular weight excluding hydrogens is 268 g/mol. The van der Waals surface area contributed by atoms with Crippen molar-refractivity contribution >= 4 is 5.91 Å². The highest BCUT2D eigenvalue weighted by atomic mass is 16.5. The van der Waals surface area contributed by atoms with Crippen molar-refractivity contribution in [3.63, 3.8) is 0 Å². The summed E-state index contributed by atoms with van der Waals surface area (Å²) >= 11 is 0. The molecule has 0 unspecified atom stereocenters. The SMILES string of the molecule is CN(CCCOc1ccccc1)C(=O)c1coc(CN)c1. The van der Waals surface area contributed by atoms with Crippen molar-refractivity contribution in [2.24, 2.45) is 5.73 Å². The summed E-state index contributed by atoms with van der Waals surface area (Å²) in [5.41, 5.74) is 5.99. The fraction of sp³-hybridized carbons (Fsp3) is 0.312. The van der Waals surface area contributed by atoms with Gasteiger partial charge in [0.2, 0.25) is 0 Å². The van der Waals surface area contributed by atoms with E-state index in [0.29, 0.717) is 31.0 Å². The van der Waals surface area contributed by atoms with Crippen molar-refractivity contribution in [1.82, 2.24) is 4.90 Å². The predicted molar refractivity (Wildman–Crippen MR) is 80.1 cm³/mol. The van der Waals surface area contributed by atoms with Crippen LogP contribution in [-0.4, -0.2) is 31.0 Å². The summed E-state index contributed by atoms with van der Waals surface area (Å²) in [4.78, 5) is 13.8. The number of rotatable bonds is 7. The van der Waals surface area contributed by atoms with Crippen LogP contribution in [0.4, 0.5) is 0 Å². The maximum atomic E-state index is 12.1. The zero-order valence-electron chi connectivity index (χ0n) is 12.1. The number of ether oxygens (including phenoxy) is 1. The van der Waals surface area contributed by atoms with Crippen LogP contribution in [0.1, 0.15) is 22.5 Å². The molecule has 112 valence electrons. The van der Waals surface area contributed by atoms with Crippen molar-refractivity contribution in [2.75, 3.05) is 20.2 Å². The van der Waals surface area contributed by atoms with Crippen LogP contribution in [0.2, 0.25) is 0 Å². The second kappa shape index (κ2) is 7.50. The summed E-state index contributed by atoms with van der Waals surface area (Å²) in [5.74, 6) is 1.38. The summed E-state index contributed by atoms with van der Waals surface area (Å²) in [6.07, 6.45) is 2.21. The molecule has 0 radical (unpaired) electrons. The topological polar surface area (TPSA) is 68.7 Å². The third kappa shape index (κ3) is 4.36. The lowest BCUT2D eigenvalue weighted by Crippen LogP contribution is -2.28. The molecule has 0 spiro atoms. The molecule has 0 fully saturated rings. The van der Waals surface area contributed by atoms with E-state index in [-0.39, 0.29) is 5.91 Å². The molecule has 0 aliphatic heterocycles. The molecule has 0 aliphatic rings. The van der Waals surface area contributed by atoms with Gasteiger partial charge in [-0.1, -0.05) is 18.2 Å². The molecule has 1 aromatic carbocycles. The van der Waals surface area contributed by atoms with E-state index >= 15 is 0 Å². The molecule has 21 heavy (non-hydrogen) atoms. The Bertz CT molecular complexity index is 566. The normalized spacial score (nSPS) is 10.4. The molecule has 1 amide bonds. The number of nitrogens with two attached hydrogens (primary N) is 1. The molecular formula is C16H20N2O3. The number of furan rings is 1. The van der Waals surface area contributed by atoms with Crippen LogP contribution in [0.5, 0.6) is 5.75 Å². The first-order valence-corrected chi connectivity index (χ1v) is 6.91. The fourth-order valence-electron chi connectivity index (χ4n) is 1.93. The highest BCUT2D eigenvalue weighted by Crippen LogP contribution is 2.11. The van der Waals surface area contributed by atoms with E-state index in [4.69, 9.17) is 14.9 Å². The largest absolute Gasteiger partial charge is 0.494 e. The zero-order chi connectivity index (χ0) is 15.1. The first kappa shape index (κ1) is 15.1. The Labute approximate surface area is 124 Å². The van der Waals surface area contributed by atoms with Crippen LogP contribution < -0.4 is 10.5 Å². The molecule has 2 aromatic rings. The van der Waals surface area contributed by atoms with Gasteiger partial charge in [0.25, 0.3) is 5.91 Å². The Morgan fingerprint density at radius 1 is 1.33 bits per heavy atom. The van der Waals surface area contributed by atoms with Gasteiger partial charge < -0.3 is 19.8 Å². The maximum absolute atomic E-state index is 12.1. The molecule has 1 aromatic heterocycles. The van der Waals surface area contributed by atoms with Crippen LogP contribution in [0.3, 0.4) is 0 Å². The predicted octanol–water partition coefficient (Wildman–Crippen LogP) is 2.28. The number of para-hydroxylation sites is 1. The lowest BCUT2D eigenvalue weighted by Gasteiger charge is -2.16. The van der Waals surface area contributed by atoms with Gasteiger partial charge in [0, 0.05) is 13.6 Å². The van der Waals surface area contributed by atoms with E-state index in [1.165, 1.54) is 6.26 Å². The van der Waals surface area contributed by atoms with E-state index < -0.39 is 0 Å². The first-order valence-electron chi connectivity index (χ1n) is 6.91. The molecule has 0 saturated carbocycles. The van der Waals surface area contributed by atoms with E-state index in [1.54, 1.807) is 18.0 Å². The molecule has 2 N–H and O–H groups in total. The van der Waals surface area contributed by atoms with Crippen LogP contribution in [-0.2, 0) is 6.54 Å². The second-order valence-corrected chi connectivity index (χ2v) is 4.75. The Hall–Kier alpha value is -2.27. The summed E-state index contributed by atoms with van der Waals surface area (Å²) in [6, 6.07) is 11.3. The van der Waals surface area contributed by atoms with Gasteiger partial charge in [0.15, 0.2) is 0 Å². The van der Waals surface area contributed by atoms with Crippen LogP contribution >= 0.6 is 0 Å². The molecule has 0 aliphatic carbocycles. The van der Waals surface area contributed by atoms with E-state index in [2.05, 4.69) is 0 Å². The summed E-state index contributed by atoms with van der Waals surface area (Å²) in [5, 5.41) is 0. The van der Waals surface area contributed by atoms with Crippen molar-refractivity contribution in [3.05, 3.63) is 54.0 Å².